The molecule has 0 saturated heterocycles. The Morgan fingerprint density at radius 3 is 1.83 bits per heavy atom. The smallest absolute Gasteiger partial charge is 0.403 e. The van der Waals surface area contributed by atoms with E-state index in [-0.39, 0.29) is 41.7 Å². The summed E-state index contributed by atoms with van der Waals surface area (Å²) in [6, 6.07) is 2.39. The molecule has 1 aromatic rings. The monoisotopic (exact) mass is 342 g/mol. The maximum absolute atomic E-state index is 12.3. The zero-order valence-corrected chi connectivity index (χ0v) is 14.1. The quantitative estimate of drug-likeness (QED) is 0.551. The Balaban J connectivity index is 3.76. The number of ketones is 3. The van der Waals surface area contributed by atoms with Crippen LogP contribution >= 0.6 is 7.82 Å². The SMILES string of the molecule is CCC(=O)c1ccc(OP(=O)(O)O)c(C(=O)CC)c1C(=O)CC. The van der Waals surface area contributed by atoms with Crippen molar-refractivity contribution in [2.75, 3.05) is 0 Å². The van der Waals surface area contributed by atoms with Crippen LogP contribution < -0.4 is 4.52 Å². The molecule has 0 heterocycles. The van der Waals surface area contributed by atoms with E-state index in [1.165, 1.54) is 13.0 Å². The fourth-order valence-corrected chi connectivity index (χ4v) is 2.54. The van der Waals surface area contributed by atoms with Gasteiger partial charge in [-0.05, 0) is 12.1 Å². The second-order valence-corrected chi connectivity index (χ2v) is 5.94. The number of carbonyl (C=O) groups excluding carboxylic acids is 3. The van der Waals surface area contributed by atoms with Crippen molar-refractivity contribution in [3.8, 4) is 5.75 Å². The molecule has 126 valence electrons. The van der Waals surface area contributed by atoms with Gasteiger partial charge in [-0.2, -0.15) is 0 Å². The molecule has 0 radical (unpaired) electrons. The molecule has 0 atom stereocenters. The third-order valence-corrected chi connectivity index (χ3v) is 3.64. The van der Waals surface area contributed by atoms with Gasteiger partial charge in [0.1, 0.15) is 5.75 Å². The largest absolute Gasteiger partial charge is 0.524 e. The molecule has 0 fully saturated rings. The molecule has 0 amide bonds. The van der Waals surface area contributed by atoms with Gasteiger partial charge in [-0.1, -0.05) is 20.8 Å². The molecule has 8 heteroatoms. The first-order valence-corrected chi connectivity index (χ1v) is 8.70. The Morgan fingerprint density at radius 1 is 0.913 bits per heavy atom. The number of Topliss-reactive ketones (excluding diaryl/α,β-unsaturated/α-hetero) is 3. The fourth-order valence-electron chi connectivity index (χ4n) is 2.13. The first-order valence-electron chi connectivity index (χ1n) is 7.17. The lowest BCUT2D eigenvalue weighted by atomic mass is 9.89. The number of benzene rings is 1. The molecule has 0 aliphatic heterocycles. The van der Waals surface area contributed by atoms with Crippen LogP contribution in [0.5, 0.6) is 5.75 Å². The van der Waals surface area contributed by atoms with Crippen LogP contribution in [-0.4, -0.2) is 27.1 Å². The summed E-state index contributed by atoms with van der Waals surface area (Å²) in [5.74, 6) is -1.73. The van der Waals surface area contributed by atoms with Gasteiger partial charge in [-0.25, -0.2) is 4.57 Å². The molecule has 23 heavy (non-hydrogen) atoms. The maximum Gasteiger partial charge on any atom is 0.524 e. The second-order valence-electron chi connectivity index (χ2n) is 4.77. The van der Waals surface area contributed by atoms with Gasteiger partial charge in [-0.3, -0.25) is 24.2 Å². The maximum atomic E-state index is 12.3. The van der Waals surface area contributed by atoms with Gasteiger partial charge in [0.15, 0.2) is 17.3 Å². The van der Waals surface area contributed by atoms with Crippen molar-refractivity contribution in [2.45, 2.75) is 40.0 Å². The van der Waals surface area contributed by atoms with Crippen LogP contribution in [0.25, 0.3) is 0 Å². The van der Waals surface area contributed by atoms with E-state index in [1.807, 2.05) is 0 Å². The highest BCUT2D eigenvalue weighted by molar-refractivity contribution is 7.46. The minimum atomic E-state index is -4.92. The van der Waals surface area contributed by atoms with Crippen LogP contribution in [0.2, 0.25) is 0 Å². The average Bonchev–Trinajstić information content (AvgIpc) is 2.50. The predicted molar refractivity (Wildman–Crippen MR) is 83.0 cm³/mol. The Kier molecular flexibility index (Phi) is 6.38. The highest BCUT2D eigenvalue weighted by atomic mass is 31.2. The Bertz CT molecular complexity index is 687. The van der Waals surface area contributed by atoms with Gasteiger partial charge in [-0.15, -0.1) is 0 Å². The van der Waals surface area contributed by atoms with Crippen LogP contribution in [0, 0.1) is 0 Å². The van der Waals surface area contributed by atoms with Crippen molar-refractivity contribution in [2.24, 2.45) is 0 Å². The van der Waals surface area contributed by atoms with Gasteiger partial charge in [0.25, 0.3) is 0 Å². The van der Waals surface area contributed by atoms with Gasteiger partial charge >= 0.3 is 7.82 Å². The number of carbonyl (C=O) groups is 3. The van der Waals surface area contributed by atoms with Gasteiger partial charge in [0.05, 0.1) is 5.56 Å². The molecule has 0 aliphatic carbocycles. The van der Waals surface area contributed by atoms with E-state index >= 15 is 0 Å². The Morgan fingerprint density at radius 2 is 1.39 bits per heavy atom. The number of rotatable bonds is 8. The van der Waals surface area contributed by atoms with Crippen LogP contribution in [0.15, 0.2) is 12.1 Å². The lowest BCUT2D eigenvalue weighted by molar-refractivity contribution is 0.0940. The molecule has 2 N–H and O–H groups in total. The summed E-state index contributed by atoms with van der Waals surface area (Å²) >= 11 is 0. The van der Waals surface area contributed by atoms with E-state index in [9.17, 15) is 18.9 Å². The Hall–Kier alpha value is -1.82. The third kappa shape index (κ3) is 4.58. The molecule has 1 rings (SSSR count). The van der Waals surface area contributed by atoms with Crippen molar-refractivity contribution < 1.29 is 33.3 Å². The van der Waals surface area contributed by atoms with E-state index in [2.05, 4.69) is 4.52 Å². The zero-order valence-electron chi connectivity index (χ0n) is 13.2. The zero-order chi connectivity index (χ0) is 17.8. The van der Waals surface area contributed by atoms with Crippen LogP contribution in [-0.2, 0) is 4.57 Å². The lowest BCUT2D eigenvalue weighted by Crippen LogP contribution is -2.16. The number of phosphoric ester groups is 1. The van der Waals surface area contributed by atoms with Crippen LogP contribution in [0.1, 0.15) is 71.1 Å². The summed E-state index contributed by atoms with van der Waals surface area (Å²) in [6.07, 6.45) is 0.154. The second kappa shape index (κ2) is 7.64. The van der Waals surface area contributed by atoms with Crippen LogP contribution in [0.4, 0.5) is 0 Å². The van der Waals surface area contributed by atoms with Gasteiger partial charge < -0.3 is 4.52 Å². The highest BCUT2D eigenvalue weighted by Gasteiger charge is 2.29. The summed E-state index contributed by atoms with van der Waals surface area (Å²) in [5.41, 5.74) is -0.312. The molecular weight excluding hydrogens is 323 g/mol. The summed E-state index contributed by atoms with van der Waals surface area (Å²) in [6.45, 7) is 4.72. The first-order chi connectivity index (χ1) is 10.7. The summed E-state index contributed by atoms with van der Waals surface area (Å²) in [7, 11) is -4.92. The summed E-state index contributed by atoms with van der Waals surface area (Å²) in [5, 5.41) is 0. The van der Waals surface area contributed by atoms with E-state index in [0.29, 0.717) is 0 Å². The normalized spacial score (nSPS) is 11.2. The van der Waals surface area contributed by atoms with Crippen molar-refractivity contribution >= 4 is 25.2 Å². The van der Waals surface area contributed by atoms with Gasteiger partial charge in [0, 0.05) is 30.4 Å². The van der Waals surface area contributed by atoms with E-state index in [4.69, 9.17) is 9.79 Å². The Labute approximate surface area is 133 Å². The van der Waals surface area contributed by atoms with Crippen molar-refractivity contribution in [3.63, 3.8) is 0 Å². The topological polar surface area (TPSA) is 118 Å². The van der Waals surface area contributed by atoms with Crippen molar-refractivity contribution in [1.29, 1.82) is 0 Å². The molecule has 1 aromatic carbocycles. The standard InChI is InChI=1S/C15H19O7P/c1-4-10(16)9-7-8-13(22-23(19,20)21)15(12(18)6-3)14(9)11(17)5-2/h7-8H,4-6H2,1-3H3,(H2,19,20,21). The molecule has 0 bridgehead atoms. The van der Waals surface area contributed by atoms with Gasteiger partial charge in [0.2, 0.25) is 0 Å². The average molecular weight is 342 g/mol. The predicted octanol–water partition coefficient (Wildman–Crippen LogP) is 2.94. The minimum absolute atomic E-state index is 0.00865. The fraction of sp³-hybridized carbons (Fsp3) is 0.400. The van der Waals surface area contributed by atoms with E-state index in [1.54, 1.807) is 13.8 Å². The highest BCUT2D eigenvalue weighted by Crippen LogP contribution is 2.41. The third-order valence-electron chi connectivity index (χ3n) is 3.21. The summed E-state index contributed by atoms with van der Waals surface area (Å²) in [4.78, 5) is 54.5. The van der Waals surface area contributed by atoms with Crippen molar-refractivity contribution in [3.05, 3.63) is 28.8 Å². The molecule has 0 spiro atoms. The van der Waals surface area contributed by atoms with E-state index < -0.39 is 25.1 Å². The summed E-state index contributed by atoms with van der Waals surface area (Å²) < 4.78 is 15.6. The molecular formula is C15H19O7P. The molecule has 0 saturated carbocycles. The first kappa shape index (κ1) is 19.2. The van der Waals surface area contributed by atoms with Crippen LogP contribution in [0.3, 0.4) is 0 Å². The van der Waals surface area contributed by atoms with Crippen molar-refractivity contribution in [1.82, 2.24) is 0 Å². The lowest BCUT2D eigenvalue weighted by Gasteiger charge is -2.16. The number of phosphoric acid groups is 1. The molecule has 7 nitrogen and oxygen atoms in total. The van der Waals surface area contributed by atoms with E-state index in [0.717, 1.165) is 6.07 Å². The molecule has 0 unspecified atom stereocenters. The molecule has 0 aliphatic rings. The number of hydrogen-bond donors (Lipinski definition) is 2. The minimum Gasteiger partial charge on any atom is -0.403 e. The molecule has 0 aromatic heterocycles. The number of hydrogen-bond acceptors (Lipinski definition) is 5.